The highest BCUT2D eigenvalue weighted by Gasteiger charge is 2.11. The number of hydrogen-bond acceptors (Lipinski definition) is 4. The van der Waals surface area contributed by atoms with Crippen molar-refractivity contribution >= 4 is 11.9 Å². The van der Waals surface area contributed by atoms with Gasteiger partial charge in [0.15, 0.2) is 0 Å². The van der Waals surface area contributed by atoms with Crippen LogP contribution in [0.1, 0.15) is 25.8 Å². The van der Waals surface area contributed by atoms with Crippen molar-refractivity contribution < 1.29 is 23.1 Å². The van der Waals surface area contributed by atoms with Gasteiger partial charge < -0.3 is 10.1 Å². The third kappa shape index (κ3) is 9.61. The first-order chi connectivity index (χ1) is 11.8. The van der Waals surface area contributed by atoms with E-state index < -0.39 is 18.5 Å². The van der Waals surface area contributed by atoms with Crippen molar-refractivity contribution in [2.24, 2.45) is 5.92 Å². The van der Waals surface area contributed by atoms with Crippen molar-refractivity contribution in [3.63, 3.8) is 0 Å². The molecule has 0 bridgehead atoms. The summed E-state index contributed by atoms with van der Waals surface area (Å²) >= 11 is 0. The van der Waals surface area contributed by atoms with Gasteiger partial charge >= 0.3 is 12.6 Å². The lowest BCUT2D eigenvalue weighted by Gasteiger charge is -2.16. The lowest BCUT2D eigenvalue weighted by atomic mass is 10.1. The fourth-order valence-corrected chi connectivity index (χ4v) is 2.07. The van der Waals surface area contributed by atoms with Crippen LogP contribution in [0.25, 0.3) is 0 Å². The Morgan fingerprint density at radius 3 is 2.40 bits per heavy atom. The van der Waals surface area contributed by atoms with Crippen molar-refractivity contribution in [1.29, 1.82) is 0 Å². The molecular weight excluding hydrogens is 332 g/mol. The summed E-state index contributed by atoms with van der Waals surface area (Å²) in [6, 6.07) is 5.66. The SMILES string of the molecule is CC(C)CCNC(=O)NC(=O)CN(C)Cc1ccc(OC(F)F)cc1. The van der Waals surface area contributed by atoms with Crippen molar-refractivity contribution in [1.82, 2.24) is 15.5 Å². The van der Waals surface area contributed by atoms with Gasteiger partial charge in [0.1, 0.15) is 5.75 Å². The number of halogens is 2. The summed E-state index contributed by atoms with van der Waals surface area (Å²) in [5.41, 5.74) is 0.832. The molecule has 140 valence electrons. The summed E-state index contributed by atoms with van der Waals surface area (Å²) in [5.74, 6) is 0.138. The van der Waals surface area contributed by atoms with Gasteiger partial charge in [0.25, 0.3) is 0 Å². The van der Waals surface area contributed by atoms with E-state index >= 15 is 0 Å². The van der Waals surface area contributed by atoms with Crippen molar-refractivity contribution in [3.05, 3.63) is 29.8 Å². The predicted molar refractivity (Wildman–Crippen MR) is 90.4 cm³/mol. The minimum absolute atomic E-state index is 0.0346. The molecule has 2 N–H and O–H groups in total. The lowest BCUT2D eigenvalue weighted by molar-refractivity contribution is -0.121. The van der Waals surface area contributed by atoms with Gasteiger partial charge in [-0.05, 0) is 37.1 Å². The quantitative estimate of drug-likeness (QED) is 0.713. The van der Waals surface area contributed by atoms with Gasteiger partial charge in [0, 0.05) is 13.1 Å². The molecule has 0 saturated carbocycles. The van der Waals surface area contributed by atoms with Crippen LogP contribution in [-0.4, -0.2) is 43.6 Å². The molecule has 0 aromatic heterocycles. The van der Waals surface area contributed by atoms with E-state index in [2.05, 4.69) is 15.4 Å². The van der Waals surface area contributed by atoms with Crippen LogP contribution >= 0.6 is 0 Å². The average Bonchev–Trinajstić information content (AvgIpc) is 2.47. The largest absolute Gasteiger partial charge is 0.435 e. The Bertz CT molecular complexity index is 551. The summed E-state index contributed by atoms with van der Waals surface area (Å²) in [5, 5.41) is 4.89. The molecule has 0 spiro atoms. The molecular formula is C17H25F2N3O3. The van der Waals surface area contributed by atoms with Gasteiger partial charge in [-0.2, -0.15) is 8.78 Å². The number of ether oxygens (including phenoxy) is 1. The van der Waals surface area contributed by atoms with E-state index in [1.165, 1.54) is 12.1 Å². The number of hydrogen-bond donors (Lipinski definition) is 2. The van der Waals surface area contributed by atoms with E-state index in [0.29, 0.717) is 19.0 Å². The van der Waals surface area contributed by atoms with E-state index in [4.69, 9.17) is 0 Å². The van der Waals surface area contributed by atoms with Crippen LogP contribution in [0.5, 0.6) is 5.75 Å². The molecule has 0 heterocycles. The molecule has 0 atom stereocenters. The summed E-state index contributed by atoms with van der Waals surface area (Å²) < 4.78 is 28.5. The number of rotatable bonds is 9. The van der Waals surface area contributed by atoms with E-state index in [1.807, 2.05) is 13.8 Å². The second-order valence-electron chi connectivity index (χ2n) is 6.18. The van der Waals surface area contributed by atoms with Gasteiger partial charge in [0.2, 0.25) is 5.91 Å². The highest BCUT2D eigenvalue weighted by atomic mass is 19.3. The molecule has 1 aromatic carbocycles. The predicted octanol–water partition coefficient (Wildman–Crippen LogP) is 2.59. The maximum Gasteiger partial charge on any atom is 0.387 e. The highest BCUT2D eigenvalue weighted by Crippen LogP contribution is 2.15. The average molecular weight is 357 g/mol. The zero-order chi connectivity index (χ0) is 18.8. The Morgan fingerprint density at radius 1 is 1.20 bits per heavy atom. The van der Waals surface area contributed by atoms with E-state index in [0.717, 1.165) is 12.0 Å². The van der Waals surface area contributed by atoms with Crippen molar-refractivity contribution in [2.75, 3.05) is 20.1 Å². The lowest BCUT2D eigenvalue weighted by Crippen LogP contribution is -2.44. The normalized spacial score (nSPS) is 11.0. The zero-order valence-corrected chi connectivity index (χ0v) is 14.7. The van der Waals surface area contributed by atoms with Crippen LogP contribution in [0, 0.1) is 5.92 Å². The fourth-order valence-electron chi connectivity index (χ4n) is 2.07. The minimum atomic E-state index is -2.86. The molecule has 0 fully saturated rings. The maximum absolute atomic E-state index is 12.1. The first kappa shape index (κ1) is 20.8. The third-order valence-electron chi connectivity index (χ3n) is 3.27. The van der Waals surface area contributed by atoms with Crippen molar-refractivity contribution in [3.8, 4) is 5.75 Å². The molecule has 25 heavy (non-hydrogen) atoms. The summed E-state index contributed by atoms with van der Waals surface area (Å²) in [7, 11) is 1.72. The number of nitrogens with one attached hydrogen (secondary N) is 2. The Balaban J connectivity index is 2.34. The molecule has 0 saturated heterocycles. The Kier molecular flexibility index (Phi) is 8.83. The van der Waals surface area contributed by atoms with E-state index in [1.54, 1.807) is 24.1 Å². The Hall–Kier alpha value is -2.22. The molecule has 8 heteroatoms. The number of likely N-dealkylation sites (N-methyl/N-ethyl adjacent to an activating group) is 1. The second-order valence-corrected chi connectivity index (χ2v) is 6.18. The third-order valence-corrected chi connectivity index (χ3v) is 3.27. The number of carbonyl (C=O) groups excluding carboxylic acids is 2. The molecule has 0 radical (unpaired) electrons. The second kappa shape index (κ2) is 10.6. The molecule has 0 aliphatic rings. The number of carbonyl (C=O) groups is 2. The van der Waals surface area contributed by atoms with Crippen LogP contribution in [0.4, 0.5) is 13.6 Å². The number of alkyl halides is 2. The zero-order valence-electron chi connectivity index (χ0n) is 14.7. The van der Waals surface area contributed by atoms with Crippen molar-refractivity contribution in [2.45, 2.75) is 33.4 Å². The summed E-state index contributed by atoms with van der Waals surface area (Å²) in [6.45, 7) is 2.21. The monoisotopic (exact) mass is 357 g/mol. The number of benzene rings is 1. The number of amides is 3. The fraction of sp³-hybridized carbons (Fsp3) is 0.529. The van der Waals surface area contributed by atoms with E-state index in [9.17, 15) is 18.4 Å². The number of imide groups is 1. The summed E-state index contributed by atoms with van der Waals surface area (Å²) in [4.78, 5) is 25.1. The Labute approximate surface area is 146 Å². The number of urea groups is 1. The minimum Gasteiger partial charge on any atom is -0.435 e. The molecule has 1 rings (SSSR count). The summed E-state index contributed by atoms with van der Waals surface area (Å²) in [6.07, 6.45) is 0.840. The molecule has 0 aliphatic carbocycles. The van der Waals surface area contributed by atoms with Gasteiger partial charge in [-0.3, -0.25) is 15.0 Å². The Morgan fingerprint density at radius 2 is 1.84 bits per heavy atom. The molecule has 1 aromatic rings. The molecule has 0 unspecified atom stereocenters. The van der Waals surface area contributed by atoms with Crippen LogP contribution in [-0.2, 0) is 11.3 Å². The maximum atomic E-state index is 12.1. The van der Waals surface area contributed by atoms with Crippen LogP contribution in [0.2, 0.25) is 0 Å². The molecule has 3 amide bonds. The van der Waals surface area contributed by atoms with Crippen LogP contribution in [0.15, 0.2) is 24.3 Å². The van der Waals surface area contributed by atoms with Gasteiger partial charge in [-0.15, -0.1) is 0 Å². The van der Waals surface area contributed by atoms with E-state index in [-0.39, 0.29) is 12.3 Å². The van der Waals surface area contributed by atoms with Crippen LogP contribution in [0.3, 0.4) is 0 Å². The smallest absolute Gasteiger partial charge is 0.387 e. The van der Waals surface area contributed by atoms with Gasteiger partial charge in [-0.1, -0.05) is 26.0 Å². The molecule has 6 nitrogen and oxygen atoms in total. The first-order valence-corrected chi connectivity index (χ1v) is 8.06. The van der Waals surface area contributed by atoms with Gasteiger partial charge in [0.05, 0.1) is 6.54 Å². The first-order valence-electron chi connectivity index (χ1n) is 8.06. The van der Waals surface area contributed by atoms with Crippen LogP contribution < -0.4 is 15.4 Å². The standard InChI is InChI=1S/C17H25F2N3O3/c1-12(2)8-9-20-17(24)21-15(23)11-22(3)10-13-4-6-14(7-5-13)25-16(18)19/h4-7,12,16H,8-11H2,1-3H3,(H2,20,21,23,24). The van der Waals surface area contributed by atoms with Gasteiger partial charge in [-0.25, -0.2) is 4.79 Å². The molecule has 0 aliphatic heterocycles. The topological polar surface area (TPSA) is 70.7 Å². The number of nitrogens with zero attached hydrogens (tertiary/aromatic N) is 1. The highest BCUT2D eigenvalue weighted by molar-refractivity contribution is 5.95.